The van der Waals surface area contributed by atoms with E-state index in [-0.39, 0.29) is 6.61 Å². The molecule has 0 bridgehead atoms. The Labute approximate surface area is 181 Å². The number of carboxylic acids is 1. The van der Waals surface area contributed by atoms with Crippen molar-refractivity contribution in [3.05, 3.63) is 65.2 Å². The highest BCUT2D eigenvalue weighted by molar-refractivity contribution is 5.93. The largest absolute Gasteiger partial charge is 0.481 e. The molecule has 2 aromatic rings. The molecular weight excluding hydrogens is 396 g/mol. The van der Waals surface area contributed by atoms with Crippen LogP contribution >= 0.6 is 0 Å². The molecule has 1 heterocycles. The van der Waals surface area contributed by atoms with Gasteiger partial charge in [0.1, 0.15) is 0 Å². The highest BCUT2D eigenvalue weighted by Gasteiger charge is 2.37. The van der Waals surface area contributed by atoms with E-state index in [0.717, 1.165) is 38.0 Å². The van der Waals surface area contributed by atoms with Crippen molar-refractivity contribution in [1.82, 2.24) is 0 Å². The van der Waals surface area contributed by atoms with E-state index in [1.165, 1.54) is 12.1 Å². The van der Waals surface area contributed by atoms with Crippen LogP contribution in [0.4, 0.5) is 5.69 Å². The number of hydrogen-bond acceptors (Lipinski definition) is 5. The van der Waals surface area contributed by atoms with Gasteiger partial charge in [-0.1, -0.05) is 30.3 Å². The predicted octanol–water partition coefficient (Wildman–Crippen LogP) is 3.29. The molecule has 0 spiro atoms. The minimum Gasteiger partial charge on any atom is -0.481 e. The quantitative estimate of drug-likeness (QED) is 0.629. The zero-order valence-corrected chi connectivity index (χ0v) is 17.6. The summed E-state index contributed by atoms with van der Waals surface area (Å²) < 4.78 is 4.98. The molecule has 1 aliphatic rings. The van der Waals surface area contributed by atoms with Crippen LogP contribution in [-0.4, -0.2) is 42.6 Å². The maximum Gasteiger partial charge on any atom is 0.338 e. The number of amides is 1. The highest BCUT2D eigenvalue weighted by Crippen LogP contribution is 2.39. The van der Waals surface area contributed by atoms with Crippen LogP contribution in [0, 0.1) is 0 Å². The average molecular weight is 424 g/mol. The van der Waals surface area contributed by atoms with Crippen molar-refractivity contribution in [1.29, 1.82) is 0 Å². The fourth-order valence-electron chi connectivity index (χ4n) is 4.19. The summed E-state index contributed by atoms with van der Waals surface area (Å²) in [4.78, 5) is 39.0. The number of carbonyl (C=O) groups is 3. The second kappa shape index (κ2) is 10.1. The third kappa shape index (κ3) is 5.05. The number of carboxylic acid groups (broad SMARTS) is 1. The molecule has 2 aromatic carbocycles. The van der Waals surface area contributed by atoms with E-state index in [2.05, 4.69) is 4.90 Å². The number of primary amides is 1. The van der Waals surface area contributed by atoms with Gasteiger partial charge < -0.3 is 20.5 Å². The van der Waals surface area contributed by atoms with E-state index in [9.17, 15) is 19.5 Å². The monoisotopic (exact) mass is 424 g/mol. The maximum atomic E-state index is 12.5. The lowest BCUT2D eigenvalue weighted by molar-refractivity contribution is -0.141. The molecule has 1 fully saturated rings. The standard InChI is InChI=1S/C24H28N2O5/c1-2-31-24(30)17-12-10-16(11-13-17)20(22(25)27)21(23(28)29)18-8-4-5-9-19(18)26-14-6-3-7-15-26/h4-5,8-13,20-21H,2-3,6-7,14-15H2,1H3,(H2,25,27)(H,28,29). The normalized spacial score (nSPS) is 15.7. The number of aliphatic carboxylic acids is 1. The van der Waals surface area contributed by atoms with Crippen LogP contribution in [0.2, 0.25) is 0 Å². The summed E-state index contributed by atoms with van der Waals surface area (Å²) in [5.41, 5.74) is 7.87. The van der Waals surface area contributed by atoms with Crippen molar-refractivity contribution in [2.45, 2.75) is 38.0 Å². The Balaban J connectivity index is 2.01. The molecule has 1 aliphatic heterocycles. The number of para-hydroxylation sites is 1. The van der Waals surface area contributed by atoms with Crippen LogP contribution in [0.15, 0.2) is 48.5 Å². The zero-order valence-electron chi connectivity index (χ0n) is 17.6. The van der Waals surface area contributed by atoms with Crippen LogP contribution in [-0.2, 0) is 14.3 Å². The van der Waals surface area contributed by atoms with Gasteiger partial charge in [-0.3, -0.25) is 9.59 Å². The molecular formula is C24H28N2O5. The zero-order chi connectivity index (χ0) is 22.4. The van der Waals surface area contributed by atoms with Gasteiger partial charge in [0.15, 0.2) is 0 Å². The average Bonchev–Trinajstić information content (AvgIpc) is 2.78. The van der Waals surface area contributed by atoms with Gasteiger partial charge in [-0.15, -0.1) is 0 Å². The lowest BCUT2D eigenvalue weighted by atomic mass is 9.79. The number of hydrogen-bond donors (Lipinski definition) is 2. The molecule has 7 heteroatoms. The molecule has 3 rings (SSSR count). The predicted molar refractivity (Wildman–Crippen MR) is 117 cm³/mol. The summed E-state index contributed by atoms with van der Waals surface area (Å²) in [6, 6.07) is 13.5. The first-order valence-electron chi connectivity index (χ1n) is 10.6. The van der Waals surface area contributed by atoms with E-state index in [0.29, 0.717) is 16.7 Å². The van der Waals surface area contributed by atoms with Crippen LogP contribution in [0.5, 0.6) is 0 Å². The van der Waals surface area contributed by atoms with Crippen LogP contribution in [0.1, 0.15) is 59.5 Å². The first-order valence-corrected chi connectivity index (χ1v) is 10.6. The number of nitrogens with zero attached hydrogens (tertiary/aromatic N) is 1. The second-order valence-electron chi connectivity index (χ2n) is 7.64. The van der Waals surface area contributed by atoms with E-state index < -0.39 is 29.7 Å². The third-order valence-electron chi connectivity index (χ3n) is 5.66. The molecule has 0 aliphatic carbocycles. The van der Waals surface area contributed by atoms with Crippen molar-refractivity contribution in [3.8, 4) is 0 Å². The van der Waals surface area contributed by atoms with Crippen LogP contribution < -0.4 is 10.6 Å². The Morgan fingerprint density at radius 3 is 2.23 bits per heavy atom. The minimum atomic E-state index is -1.15. The Kier molecular flexibility index (Phi) is 7.28. The van der Waals surface area contributed by atoms with Crippen molar-refractivity contribution >= 4 is 23.5 Å². The lowest BCUT2D eigenvalue weighted by Gasteiger charge is -2.33. The number of ether oxygens (including phenoxy) is 1. The molecule has 7 nitrogen and oxygen atoms in total. The molecule has 3 N–H and O–H groups in total. The van der Waals surface area contributed by atoms with Gasteiger partial charge in [0.25, 0.3) is 0 Å². The summed E-state index contributed by atoms with van der Waals surface area (Å²) in [6.45, 7) is 3.66. The SMILES string of the molecule is CCOC(=O)c1ccc(C(C(N)=O)C(C(=O)O)c2ccccc2N2CCCCC2)cc1. The summed E-state index contributed by atoms with van der Waals surface area (Å²) in [6.07, 6.45) is 3.24. The van der Waals surface area contributed by atoms with Gasteiger partial charge in [0, 0.05) is 18.8 Å². The summed E-state index contributed by atoms with van der Waals surface area (Å²) in [5, 5.41) is 10.1. The number of rotatable bonds is 8. The number of nitrogens with two attached hydrogens (primary N) is 1. The van der Waals surface area contributed by atoms with E-state index in [1.807, 2.05) is 12.1 Å². The number of anilines is 1. The molecule has 1 amide bonds. The summed E-state index contributed by atoms with van der Waals surface area (Å²) in [5.74, 6) is -4.56. The van der Waals surface area contributed by atoms with Gasteiger partial charge in [-0.2, -0.15) is 0 Å². The van der Waals surface area contributed by atoms with E-state index >= 15 is 0 Å². The van der Waals surface area contributed by atoms with Gasteiger partial charge in [0.2, 0.25) is 5.91 Å². The fraction of sp³-hybridized carbons (Fsp3) is 0.375. The number of benzene rings is 2. The van der Waals surface area contributed by atoms with Crippen molar-refractivity contribution < 1.29 is 24.2 Å². The van der Waals surface area contributed by atoms with Gasteiger partial charge in [-0.05, 0) is 55.5 Å². The fourth-order valence-corrected chi connectivity index (χ4v) is 4.19. The number of carbonyl (C=O) groups excluding carboxylic acids is 2. The van der Waals surface area contributed by atoms with Crippen LogP contribution in [0.3, 0.4) is 0 Å². The number of esters is 1. The third-order valence-corrected chi connectivity index (χ3v) is 5.66. The van der Waals surface area contributed by atoms with E-state index in [4.69, 9.17) is 10.5 Å². The maximum absolute atomic E-state index is 12.5. The Morgan fingerprint density at radius 2 is 1.65 bits per heavy atom. The van der Waals surface area contributed by atoms with Crippen molar-refractivity contribution in [3.63, 3.8) is 0 Å². The summed E-state index contributed by atoms with van der Waals surface area (Å²) >= 11 is 0. The number of piperidine rings is 1. The first-order chi connectivity index (χ1) is 14.9. The van der Waals surface area contributed by atoms with Gasteiger partial charge >= 0.3 is 11.9 Å². The van der Waals surface area contributed by atoms with Crippen molar-refractivity contribution in [2.24, 2.45) is 5.73 Å². The topological polar surface area (TPSA) is 110 Å². The minimum absolute atomic E-state index is 0.249. The smallest absolute Gasteiger partial charge is 0.338 e. The molecule has 2 atom stereocenters. The summed E-state index contributed by atoms with van der Waals surface area (Å²) in [7, 11) is 0. The Hall–Kier alpha value is -3.35. The second-order valence-corrected chi connectivity index (χ2v) is 7.64. The first kappa shape index (κ1) is 22.3. The molecule has 164 valence electrons. The lowest BCUT2D eigenvalue weighted by Crippen LogP contribution is -2.34. The Bertz CT molecular complexity index is 935. The Morgan fingerprint density at radius 1 is 1.00 bits per heavy atom. The highest BCUT2D eigenvalue weighted by atomic mass is 16.5. The molecule has 0 saturated carbocycles. The van der Waals surface area contributed by atoms with Gasteiger partial charge in [0.05, 0.1) is 24.0 Å². The van der Waals surface area contributed by atoms with E-state index in [1.54, 1.807) is 31.2 Å². The molecule has 0 radical (unpaired) electrons. The molecule has 1 saturated heterocycles. The van der Waals surface area contributed by atoms with Crippen molar-refractivity contribution in [2.75, 3.05) is 24.6 Å². The molecule has 31 heavy (non-hydrogen) atoms. The van der Waals surface area contributed by atoms with Crippen LogP contribution in [0.25, 0.3) is 0 Å². The van der Waals surface area contributed by atoms with Gasteiger partial charge in [-0.25, -0.2) is 4.79 Å². The molecule has 0 aromatic heterocycles. The molecule has 2 unspecified atom stereocenters.